The first-order chi connectivity index (χ1) is 16.7. The lowest BCUT2D eigenvalue weighted by Crippen LogP contribution is -2.15. The number of hydrogen-bond donors (Lipinski definition) is 1. The van der Waals surface area contributed by atoms with E-state index in [9.17, 15) is 10.1 Å². The first-order valence-corrected chi connectivity index (χ1v) is 12.6. The van der Waals surface area contributed by atoms with E-state index >= 15 is 0 Å². The number of thioether (sulfide) groups is 1. The molecule has 168 valence electrons. The summed E-state index contributed by atoms with van der Waals surface area (Å²) in [4.78, 5) is 17.4. The van der Waals surface area contributed by atoms with Gasteiger partial charge in [0.25, 0.3) is 0 Å². The molecule has 1 atom stereocenters. The number of benzene rings is 3. The summed E-state index contributed by atoms with van der Waals surface area (Å²) in [5, 5.41) is 15.6. The van der Waals surface area contributed by atoms with Gasteiger partial charge in [-0.2, -0.15) is 5.26 Å². The fraction of sp³-hybridized carbons (Fsp3) is 0.207. The van der Waals surface area contributed by atoms with Crippen molar-refractivity contribution >= 4 is 34.1 Å². The van der Waals surface area contributed by atoms with Crippen LogP contribution in [0.15, 0.2) is 83.9 Å². The molecule has 1 heterocycles. The van der Waals surface area contributed by atoms with Gasteiger partial charge in [-0.1, -0.05) is 66.7 Å². The molecule has 1 aliphatic carbocycles. The standard InChI is InChI=1S/C29H25N3OS/c30-19-24-18-23-17-22(20-7-2-1-3-8-20)13-14-26(23)32-29(24)34-16-15-28(33)31-27-12-6-10-21-9-4-5-11-25(21)27/h1-12,18,22H,13-17H2,(H,31,33). The zero-order valence-electron chi connectivity index (χ0n) is 18.8. The Bertz CT molecular complexity index is 1370. The van der Waals surface area contributed by atoms with Crippen molar-refractivity contribution in [2.45, 2.75) is 36.6 Å². The smallest absolute Gasteiger partial charge is 0.225 e. The number of carbonyl (C=O) groups is 1. The van der Waals surface area contributed by atoms with Crippen LogP contribution in [0.1, 0.15) is 41.1 Å². The topological polar surface area (TPSA) is 65.8 Å². The van der Waals surface area contributed by atoms with Gasteiger partial charge in [-0.15, -0.1) is 11.8 Å². The number of amides is 1. The van der Waals surface area contributed by atoms with Crippen LogP contribution in [0, 0.1) is 11.3 Å². The molecule has 5 rings (SSSR count). The highest BCUT2D eigenvalue weighted by Gasteiger charge is 2.23. The van der Waals surface area contributed by atoms with Gasteiger partial charge in [0.15, 0.2) is 0 Å². The summed E-state index contributed by atoms with van der Waals surface area (Å²) in [5.74, 6) is 1.01. The molecule has 3 aromatic carbocycles. The minimum absolute atomic E-state index is 0.0361. The Balaban J connectivity index is 1.23. The van der Waals surface area contributed by atoms with E-state index in [2.05, 4.69) is 35.7 Å². The van der Waals surface area contributed by atoms with Crippen LogP contribution in [0.25, 0.3) is 10.8 Å². The highest BCUT2D eigenvalue weighted by molar-refractivity contribution is 7.99. The van der Waals surface area contributed by atoms with Crippen molar-refractivity contribution in [3.05, 3.63) is 101 Å². The van der Waals surface area contributed by atoms with E-state index in [0.29, 0.717) is 23.7 Å². The number of nitriles is 1. The lowest BCUT2D eigenvalue weighted by atomic mass is 9.82. The Kier molecular flexibility index (Phi) is 6.60. The van der Waals surface area contributed by atoms with Crippen molar-refractivity contribution in [3.63, 3.8) is 0 Å². The Morgan fingerprint density at radius 2 is 1.85 bits per heavy atom. The van der Waals surface area contributed by atoms with E-state index in [1.165, 1.54) is 22.9 Å². The third kappa shape index (κ3) is 4.83. The van der Waals surface area contributed by atoms with Gasteiger partial charge in [0.2, 0.25) is 5.91 Å². The lowest BCUT2D eigenvalue weighted by molar-refractivity contribution is -0.115. The predicted molar refractivity (Wildman–Crippen MR) is 138 cm³/mol. The van der Waals surface area contributed by atoms with Gasteiger partial charge in [0, 0.05) is 28.9 Å². The summed E-state index contributed by atoms with van der Waals surface area (Å²) >= 11 is 1.49. The van der Waals surface area contributed by atoms with Gasteiger partial charge in [0.05, 0.1) is 5.56 Å². The maximum absolute atomic E-state index is 12.6. The zero-order valence-corrected chi connectivity index (χ0v) is 19.6. The van der Waals surface area contributed by atoms with Crippen molar-refractivity contribution in [1.82, 2.24) is 4.98 Å². The largest absolute Gasteiger partial charge is 0.325 e. The molecule has 1 amide bonds. The minimum atomic E-state index is -0.0361. The van der Waals surface area contributed by atoms with E-state index in [1.807, 2.05) is 54.6 Å². The maximum atomic E-state index is 12.6. The lowest BCUT2D eigenvalue weighted by Gasteiger charge is -2.25. The number of anilines is 1. The highest BCUT2D eigenvalue weighted by Crippen LogP contribution is 2.34. The first-order valence-electron chi connectivity index (χ1n) is 11.6. The van der Waals surface area contributed by atoms with Gasteiger partial charge in [0.1, 0.15) is 11.1 Å². The predicted octanol–water partition coefficient (Wildman–Crippen LogP) is 6.50. The molecular formula is C29H25N3OS. The molecule has 4 aromatic rings. The molecular weight excluding hydrogens is 438 g/mol. The summed E-state index contributed by atoms with van der Waals surface area (Å²) in [6.45, 7) is 0. The van der Waals surface area contributed by atoms with Gasteiger partial charge in [-0.25, -0.2) is 4.98 Å². The molecule has 34 heavy (non-hydrogen) atoms. The second-order valence-corrected chi connectivity index (χ2v) is 9.67. The second kappa shape index (κ2) is 10.1. The summed E-state index contributed by atoms with van der Waals surface area (Å²) in [7, 11) is 0. The van der Waals surface area contributed by atoms with E-state index in [-0.39, 0.29) is 5.91 Å². The molecule has 0 aliphatic heterocycles. The quantitative estimate of drug-likeness (QED) is 0.332. The number of fused-ring (bicyclic) bond motifs is 2. The summed E-state index contributed by atoms with van der Waals surface area (Å²) in [6.07, 6.45) is 3.25. The van der Waals surface area contributed by atoms with Gasteiger partial charge in [-0.3, -0.25) is 4.79 Å². The molecule has 1 aliphatic rings. The molecule has 0 bridgehead atoms. The number of nitrogens with one attached hydrogen (secondary N) is 1. The SMILES string of the molecule is N#Cc1cc2c(nc1SCCC(=O)Nc1cccc3ccccc13)CCC(c1ccccc1)C2. The Hall–Kier alpha value is -3.62. The molecule has 0 fully saturated rings. The van der Waals surface area contributed by atoms with Gasteiger partial charge in [-0.05, 0) is 53.8 Å². The van der Waals surface area contributed by atoms with Crippen LogP contribution in [0.5, 0.6) is 0 Å². The fourth-order valence-electron chi connectivity index (χ4n) is 4.63. The van der Waals surface area contributed by atoms with Crippen molar-refractivity contribution in [1.29, 1.82) is 5.26 Å². The molecule has 5 heteroatoms. The number of aryl methyl sites for hydroxylation is 1. The van der Waals surface area contributed by atoms with Crippen LogP contribution >= 0.6 is 11.8 Å². The van der Waals surface area contributed by atoms with Crippen molar-refractivity contribution in [3.8, 4) is 6.07 Å². The van der Waals surface area contributed by atoms with Crippen LogP contribution in [0.3, 0.4) is 0 Å². The molecule has 4 nitrogen and oxygen atoms in total. The number of pyridine rings is 1. The van der Waals surface area contributed by atoms with Crippen molar-refractivity contribution < 1.29 is 4.79 Å². The van der Waals surface area contributed by atoms with E-state index in [4.69, 9.17) is 4.98 Å². The number of hydrogen-bond acceptors (Lipinski definition) is 4. The normalized spacial score (nSPS) is 14.9. The summed E-state index contributed by atoms with van der Waals surface area (Å²) < 4.78 is 0. The van der Waals surface area contributed by atoms with E-state index < -0.39 is 0 Å². The Morgan fingerprint density at radius 1 is 1.06 bits per heavy atom. The average Bonchev–Trinajstić information content (AvgIpc) is 2.88. The van der Waals surface area contributed by atoms with Crippen LogP contribution < -0.4 is 5.32 Å². The third-order valence-electron chi connectivity index (χ3n) is 6.38. The maximum Gasteiger partial charge on any atom is 0.225 e. The molecule has 1 unspecified atom stereocenters. The molecule has 0 spiro atoms. The summed E-state index contributed by atoms with van der Waals surface area (Å²) in [5.41, 5.74) is 5.04. The van der Waals surface area contributed by atoms with Crippen molar-refractivity contribution in [2.24, 2.45) is 0 Å². The zero-order chi connectivity index (χ0) is 23.3. The van der Waals surface area contributed by atoms with Crippen LogP contribution in [0.2, 0.25) is 0 Å². The minimum Gasteiger partial charge on any atom is -0.325 e. The number of rotatable bonds is 6. The Morgan fingerprint density at radius 3 is 2.71 bits per heavy atom. The van der Waals surface area contributed by atoms with Gasteiger partial charge < -0.3 is 5.32 Å². The van der Waals surface area contributed by atoms with Crippen molar-refractivity contribution in [2.75, 3.05) is 11.1 Å². The number of carbonyl (C=O) groups excluding carboxylic acids is 1. The third-order valence-corrected chi connectivity index (χ3v) is 7.37. The molecule has 0 saturated carbocycles. The first kappa shape index (κ1) is 22.2. The highest BCUT2D eigenvalue weighted by atomic mass is 32.2. The molecule has 1 N–H and O–H groups in total. The average molecular weight is 464 g/mol. The molecule has 0 radical (unpaired) electrons. The number of nitrogens with zero attached hydrogens (tertiary/aromatic N) is 2. The van der Waals surface area contributed by atoms with E-state index in [0.717, 1.165) is 46.4 Å². The molecule has 0 saturated heterocycles. The fourth-order valence-corrected chi connectivity index (χ4v) is 5.55. The van der Waals surface area contributed by atoms with E-state index in [1.54, 1.807) is 0 Å². The summed E-state index contributed by atoms with van der Waals surface area (Å²) in [6, 6.07) is 28.8. The molecule has 1 aromatic heterocycles. The monoisotopic (exact) mass is 463 g/mol. The number of aromatic nitrogens is 1. The van der Waals surface area contributed by atoms with Gasteiger partial charge >= 0.3 is 0 Å². The Labute approximate surface area is 204 Å². The van der Waals surface area contributed by atoms with Crippen LogP contribution in [-0.4, -0.2) is 16.6 Å². The van der Waals surface area contributed by atoms with Crippen LogP contribution in [-0.2, 0) is 17.6 Å². The second-order valence-electron chi connectivity index (χ2n) is 8.58. The van der Waals surface area contributed by atoms with Crippen LogP contribution in [0.4, 0.5) is 5.69 Å².